The zero-order valence-corrected chi connectivity index (χ0v) is 8.32. The van der Waals surface area contributed by atoms with Crippen LogP contribution in [-0.4, -0.2) is 16.9 Å². The summed E-state index contributed by atoms with van der Waals surface area (Å²) >= 11 is 0. The first-order chi connectivity index (χ1) is 7.16. The van der Waals surface area contributed by atoms with E-state index in [0.29, 0.717) is 12.8 Å². The minimum atomic E-state index is -0.804. The van der Waals surface area contributed by atoms with E-state index in [9.17, 15) is 9.59 Å². The standard InChI is InChI=1S/C12H12O3/c13-11-5-4-9-3-1-8(7-10(9)11)2-6-12(14)15/h1,3,7H,2,4-6H2,(H,14,15). The molecule has 0 unspecified atom stereocenters. The number of aryl methyl sites for hydroxylation is 2. The number of carboxylic acid groups (broad SMARTS) is 1. The summed E-state index contributed by atoms with van der Waals surface area (Å²) in [5, 5.41) is 8.55. The van der Waals surface area contributed by atoms with Crippen LogP contribution in [0.5, 0.6) is 0 Å². The number of carbonyl (C=O) groups is 2. The third-order valence-corrected chi connectivity index (χ3v) is 2.72. The molecule has 0 aromatic heterocycles. The molecule has 0 spiro atoms. The number of fused-ring (bicyclic) bond motifs is 1. The van der Waals surface area contributed by atoms with E-state index in [4.69, 9.17) is 5.11 Å². The summed E-state index contributed by atoms with van der Waals surface area (Å²) in [5.41, 5.74) is 2.82. The van der Waals surface area contributed by atoms with Crippen molar-refractivity contribution in [2.75, 3.05) is 0 Å². The second kappa shape index (κ2) is 3.85. The van der Waals surface area contributed by atoms with Gasteiger partial charge >= 0.3 is 5.97 Å². The van der Waals surface area contributed by atoms with Gasteiger partial charge in [0.2, 0.25) is 0 Å². The molecule has 0 bridgehead atoms. The van der Waals surface area contributed by atoms with Crippen molar-refractivity contribution in [1.82, 2.24) is 0 Å². The first-order valence-electron chi connectivity index (χ1n) is 5.03. The van der Waals surface area contributed by atoms with E-state index in [1.54, 1.807) is 0 Å². The minimum Gasteiger partial charge on any atom is -0.481 e. The van der Waals surface area contributed by atoms with Crippen LogP contribution in [0.4, 0.5) is 0 Å². The summed E-state index contributed by atoms with van der Waals surface area (Å²) in [5.74, 6) is -0.621. The predicted octanol–water partition coefficient (Wildman–Crippen LogP) is 1.83. The highest BCUT2D eigenvalue weighted by Crippen LogP contribution is 2.23. The average molecular weight is 204 g/mol. The van der Waals surface area contributed by atoms with Gasteiger partial charge in [-0.05, 0) is 30.0 Å². The number of hydrogen-bond acceptors (Lipinski definition) is 2. The summed E-state index contributed by atoms with van der Waals surface area (Å²) in [4.78, 5) is 21.8. The van der Waals surface area contributed by atoms with E-state index in [1.165, 1.54) is 0 Å². The van der Waals surface area contributed by atoms with Crippen molar-refractivity contribution in [1.29, 1.82) is 0 Å². The van der Waals surface area contributed by atoms with Crippen molar-refractivity contribution >= 4 is 11.8 Å². The van der Waals surface area contributed by atoms with Crippen molar-refractivity contribution in [3.05, 3.63) is 34.9 Å². The normalized spacial score (nSPS) is 14.0. The van der Waals surface area contributed by atoms with Gasteiger partial charge in [0.1, 0.15) is 0 Å². The van der Waals surface area contributed by atoms with Crippen LogP contribution in [0.2, 0.25) is 0 Å². The number of aliphatic carboxylic acids is 1. The highest BCUT2D eigenvalue weighted by molar-refractivity contribution is 6.00. The molecule has 78 valence electrons. The average Bonchev–Trinajstić information content (AvgIpc) is 2.57. The Morgan fingerprint density at radius 2 is 2.13 bits per heavy atom. The second-order valence-corrected chi connectivity index (χ2v) is 3.81. The molecule has 0 amide bonds. The van der Waals surface area contributed by atoms with Crippen LogP contribution >= 0.6 is 0 Å². The molecular formula is C12H12O3. The fourth-order valence-corrected chi connectivity index (χ4v) is 1.89. The Hall–Kier alpha value is -1.64. The lowest BCUT2D eigenvalue weighted by atomic mass is 10.0. The Morgan fingerprint density at radius 3 is 2.87 bits per heavy atom. The number of hydrogen-bond donors (Lipinski definition) is 1. The largest absolute Gasteiger partial charge is 0.481 e. The molecule has 1 aliphatic carbocycles. The second-order valence-electron chi connectivity index (χ2n) is 3.81. The van der Waals surface area contributed by atoms with Gasteiger partial charge in [0.15, 0.2) is 5.78 Å². The van der Waals surface area contributed by atoms with Gasteiger partial charge in [0.25, 0.3) is 0 Å². The Morgan fingerprint density at radius 1 is 1.33 bits per heavy atom. The van der Waals surface area contributed by atoms with Gasteiger partial charge in [0.05, 0.1) is 0 Å². The molecule has 0 aliphatic heterocycles. The molecule has 0 heterocycles. The number of carboxylic acids is 1. The van der Waals surface area contributed by atoms with Gasteiger partial charge < -0.3 is 5.11 Å². The molecule has 3 nitrogen and oxygen atoms in total. The molecule has 1 aromatic rings. The lowest BCUT2D eigenvalue weighted by molar-refractivity contribution is -0.136. The number of carbonyl (C=O) groups excluding carboxylic acids is 1. The molecule has 1 aromatic carbocycles. The zero-order valence-electron chi connectivity index (χ0n) is 8.32. The van der Waals surface area contributed by atoms with Crippen molar-refractivity contribution in [3.63, 3.8) is 0 Å². The molecule has 3 heteroatoms. The molecule has 15 heavy (non-hydrogen) atoms. The first kappa shape index (κ1) is 9.90. The smallest absolute Gasteiger partial charge is 0.303 e. The quantitative estimate of drug-likeness (QED) is 0.817. The minimum absolute atomic E-state index is 0.118. The third kappa shape index (κ3) is 2.06. The maximum absolute atomic E-state index is 11.4. The zero-order chi connectivity index (χ0) is 10.8. The highest BCUT2D eigenvalue weighted by atomic mass is 16.4. The van der Waals surface area contributed by atoms with Gasteiger partial charge in [-0.25, -0.2) is 0 Å². The topological polar surface area (TPSA) is 54.4 Å². The summed E-state index contributed by atoms with van der Waals surface area (Å²) in [6, 6.07) is 5.70. The van der Waals surface area contributed by atoms with Crippen LogP contribution in [0.3, 0.4) is 0 Å². The van der Waals surface area contributed by atoms with E-state index >= 15 is 0 Å². The Kier molecular flexibility index (Phi) is 2.54. The number of rotatable bonds is 3. The van der Waals surface area contributed by atoms with E-state index in [1.807, 2.05) is 18.2 Å². The Balaban J connectivity index is 2.18. The fraction of sp³-hybridized carbons (Fsp3) is 0.333. The summed E-state index contributed by atoms with van der Waals surface area (Å²) in [6.45, 7) is 0. The SMILES string of the molecule is O=C(O)CCc1ccc2c(c1)C(=O)CC2. The lowest BCUT2D eigenvalue weighted by Crippen LogP contribution is -1.99. The van der Waals surface area contributed by atoms with Gasteiger partial charge in [0, 0.05) is 18.4 Å². The van der Waals surface area contributed by atoms with Crippen molar-refractivity contribution in [2.24, 2.45) is 0 Å². The fourth-order valence-electron chi connectivity index (χ4n) is 1.89. The van der Waals surface area contributed by atoms with Crippen LogP contribution in [0, 0.1) is 0 Å². The van der Waals surface area contributed by atoms with E-state index in [-0.39, 0.29) is 12.2 Å². The van der Waals surface area contributed by atoms with Gasteiger partial charge in [-0.3, -0.25) is 9.59 Å². The highest BCUT2D eigenvalue weighted by Gasteiger charge is 2.19. The number of Topliss-reactive ketones (excluding diaryl/α,β-unsaturated/α-hetero) is 1. The van der Waals surface area contributed by atoms with Crippen LogP contribution < -0.4 is 0 Å². The van der Waals surface area contributed by atoms with Crippen LogP contribution in [-0.2, 0) is 17.6 Å². The van der Waals surface area contributed by atoms with Crippen LogP contribution in [0.1, 0.15) is 34.3 Å². The molecule has 0 atom stereocenters. The van der Waals surface area contributed by atoms with E-state index in [0.717, 1.165) is 23.1 Å². The number of benzene rings is 1. The monoisotopic (exact) mass is 204 g/mol. The van der Waals surface area contributed by atoms with Crippen molar-refractivity contribution in [3.8, 4) is 0 Å². The molecule has 0 radical (unpaired) electrons. The Bertz CT molecular complexity index is 421. The van der Waals surface area contributed by atoms with E-state index in [2.05, 4.69) is 0 Å². The molecule has 0 fully saturated rings. The van der Waals surface area contributed by atoms with Crippen molar-refractivity contribution in [2.45, 2.75) is 25.7 Å². The predicted molar refractivity (Wildman–Crippen MR) is 55.1 cm³/mol. The maximum atomic E-state index is 11.4. The molecule has 0 saturated heterocycles. The molecule has 0 saturated carbocycles. The van der Waals surface area contributed by atoms with Crippen molar-refractivity contribution < 1.29 is 14.7 Å². The van der Waals surface area contributed by atoms with Crippen LogP contribution in [0.15, 0.2) is 18.2 Å². The summed E-state index contributed by atoms with van der Waals surface area (Å²) < 4.78 is 0. The summed E-state index contributed by atoms with van der Waals surface area (Å²) in [7, 11) is 0. The van der Waals surface area contributed by atoms with E-state index < -0.39 is 5.97 Å². The lowest BCUT2D eigenvalue weighted by Gasteiger charge is -2.02. The van der Waals surface area contributed by atoms with Gasteiger partial charge in [-0.2, -0.15) is 0 Å². The summed E-state index contributed by atoms with van der Waals surface area (Å²) in [6.07, 6.45) is 2.04. The maximum Gasteiger partial charge on any atom is 0.303 e. The Labute approximate surface area is 87.7 Å². The van der Waals surface area contributed by atoms with Gasteiger partial charge in [-0.15, -0.1) is 0 Å². The van der Waals surface area contributed by atoms with Gasteiger partial charge in [-0.1, -0.05) is 12.1 Å². The first-order valence-corrected chi connectivity index (χ1v) is 5.03. The molecular weight excluding hydrogens is 192 g/mol. The molecule has 2 rings (SSSR count). The third-order valence-electron chi connectivity index (χ3n) is 2.72. The molecule has 1 aliphatic rings. The molecule has 1 N–H and O–H groups in total. The number of ketones is 1. The van der Waals surface area contributed by atoms with Crippen LogP contribution in [0.25, 0.3) is 0 Å².